The highest BCUT2D eigenvalue weighted by Crippen LogP contribution is 2.19. The third kappa shape index (κ3) is 1.74. The normalized spacial score (nSPS) is 11.3. The summed E-state index contributed by atoms with van der Waals surface area (Å²) in [5.41, 5.74) is 1.36. The van der Waals surface area contributed by atoms with Crippen molar-refractivity contribution < 1.29 is 4.42 Å². The highest BCUT2D eigenvalue weighted by Gasteiger charge is 2.00. The molecular formula is C12H13O. The maximum atomic E-state index is 5.12. The summed E-state index contributed by atoms with van der Waals surface area (Å²) in [6.45, 7) is 4.30. The van der Waals surface area contributed by atoms with Gasteiger partial charge in [-0.05, 0) is 24.0 Å². The lowest BCUT2D eigenvalue weighted by molar-refractivity contribution is 0.572. The van der Waals surface area contributed by atoms with E-state index in [0.29, 0.717) is 0 Å². The fourth-order valence-corrected chi connectivity index (χ4v) is 1.53. The molecule has 0 amide bonds. The zero-order valence-corrected chi connectivity index (χ0v) is 8.00. The van der Waals surface area contributed by atoms with Gasteiger partial charge in [-0.1, -0.05) is 26.0 Å². The van der Waals surface area contributed by atoms with E-state index in [-0.39, 0.29) is 0 Å². The predicted molar refractivity (Wildman–Crippen MR) is 54.5 cm³/mol. The molecular weight excluding hydrogens is 160 g/mol. The van der Waals surface area contributed by atoms with Crippen LogP contribution in [0.5, 0.6) is 0 Å². The van der Waals surface area contributed by atoms with Gasteiger partial charge in [0.2, 0.25) is 0 Å². The van der Waals surface area contributed by atoms with Gasteiger partial charge in [0, 0.05) is 10.8 Å². The van der Waals surface area contributed by atoms with E-state index >= 15 is 0 Å². The molecule has 0 aliphatic carbocycles. The van der Waals surface area contributed by atoms with Gasteiger partial charge in [0.25, 0.3) is 0 Å². The van der Waals surface area contributed by atoms with Crippen molar-refractivity contribution in [3.63, 3.8) is 0 Å². The summed E-state index contributed by atoms with van der Waals surface area (Å²) >= 11 is 0. The topological polar surface area (TPSA) is 13.1 Å². The molecule has 0 saturated carbocycles. The molecule has 0 aliphatic rings. The second-order valence-corrected chi connectivity index (χ2v) is 3.72. The summed E-state index contributed by atoms with van der Waals surface area (Å²) in [5, 5.41) is 2.37. The first-order chi connectivity index (χ1) is 6.25. The molecule has 2 aromatic rings. The molecule has 0 bridgehead atoms. The van der Waals surface area contributed by atoms with Gasteiger partial charge >= 0.3 is 0 Å². The SMILES string of the molecule is C[C](C)Cc1ccc2cocc2c1. The summed E-state index contributed by atoms with van der Waals surface area (Å²) in [6.07, 6.45) is 4.63. The van der Waals surface area contributed by atoms with Crippen molar-refractivity contribution in [3.05, 3.63) is 42.2 Å². The molecule has 67 valence electrons. The van der Waals surface area contributed by atoms with Crippen molar-refractivity contribution in [2.24, 2.45) is 0 Å². The van der Waals surface area contributed by atoms with Crippen LogP contribution in [-0.4, -0.2) is 0 Å². The number of hydrogen-bond acceptors (Lipinski definition) is 1. The van der Waals surface area contributed by atoms with Gasteiger partial charge in [0.1, 0.15) is 0 Å². The van der Waals surface area contributed by atoms with E-state index < -0.39 is 0 Å². The molecule has 0 atom stereocenters. The minimum atomic E-state index is 1.06. The smallest absolute Gasteiger partial charge is 0.0981 e. The number of hydrogen-bond donors (Lipinski definition) is 0. The van der Waals surface area contributed by atoms with Crippen molar-refractivity contribution in [3.8, 4) is 0 Å². The first-order valence-corrected chi connectivity index (χ1v) is 4.49. The summed E-state index contributed by atoms with van der Waals surface area (Å²) in [6, 6.07) is 6.45. The van der Waals surface area contributed by atoms with E-state index in [1.807, 2.05) is 0 Å². The van der Waals surface area contributed by atoms with Crippen LogP contribution in [0.1, 0.15) is 19.4 Å². The summed E-state index contributed by atoms with van der Waals surface area (Å²) in [4.78, 5) is 0. The molecule has 1 heterocycles. The molecule has 0 N–H and O–H groups in total. The van der Waals surface area contributed by atoms with Crippen molar-refractivity contribution >= 4 is 10.8 Å². The van der Waals surface area contributed by atoms with Crippen LogP contribution in [0.15, 0.2) is 35.1 Å². The number of fused-ring (bicyclic) bond motifs is 1. The minimum absolute atomic E-state index is 1.06. The third-order valence-electron chi connectivity index (χ3n) is 2.10. The lowest BCUT2D eigenvalue weighted by Gasteiger charge is -2.03. The van der Waals surface area contributed by atoms with E-state index in [0.717, 1.165) is 6.42 Å². The molecule has 1 radical (unpaired) electrons. The quantitative estimate of drug-likeness (QED) is 0.676. The van der Waals surface area contributed by atoms with Crippen LogP contribution < -0.4 is 0 Å². The van der Waals surface area contributed by atoms with Crippen LogP contribution >= 0.6 is 0 Å². The van der Waals surface area contributed by atoms with Gasteiger partial charge in [0.05, 0.1) is 12.5 Å². The van der Waals surface area contributed by atoms with Crippen LogP contribution in [0.3, 0.4) is 0 Å². The second kappa shape index (κ2) is 3.25. The summed E-state index contributed by atoms with van der Waals surface area (Å²) in [7, 11) is 0. The lowest BCUT2D eigenvalue weighted by Crippen LogP contribution is -1.90. The third-order valence-corrected chi connectivity index (χ3v) is 2.10. The molecule has 0 fully saturated rings. The van der Waals surface area contributed by atoms with Gasteiger partial charge < -0.3 is 4.42 Å². The Balaban J connectivity index is 2.37. The average molecular weight is 173 g/mol. The van der Waals surface area contributed by atoms with E-state index in [4.69, 9.17) is 4.42 Å². The fourth-order valence-electron chi connectivity index (χ4n) is 1.53. The second-order valence-electron chi connectivity index (χ2n) is 3.72. The molecule has 2 rings (SSSR count). The van der Waals surface area contributed by atoms with Crippen LogP contribution in [0.4, 0.5) is 0 Å². The molecule has 0 aliphatic heterocycles. The van der Waals surface area contributed by atoms with Crippen LogP contribution in [0.2, 0.25) is 0 Å². The molecule has 1 heteroatoms. The molecule has 0 saturated heterocycles. The molecule has 0 unspecified atom stereocenters. The van der Waals surface area contributed by atoms with E-state index in [1.54, 1.807) is 12.5 Å². The number of furan rings is 1. The van der Waals surface area contributed by atoms with Crippen molar-refractivity contribution in [1.82, 2.24) is 0 Å². The fraction of sp³-hybridized carbons (Fsp3) is 0.250. The monoisotopic (exact) mass is 173 g/mol. The number of benzene rings is 1. The van der Waals surface area contributed by atoms with Gasteiger partial charge in [0.15, 0.2) is 0 Å². The zero-order valence-electron chi connectivity index (χ0n) is 8.00. The Hall–Kier alpha value is -1.24. The van der Waals surface area contributed by atoms with Crippen molar-refractivity contribution in [2.45, 2.75) is 20.3 Å². The highest BCUT2D eigenvalue weighted by molar-refractivity contribution is 5.81. The van der Waals surface area contributed by atoms with E-state index in [9.17, 15) is 0 Å². The van der Waals surface area contributed by atoms with Gasteiger partial charge in [-0.25, -0.2) is 0 Å². The Morgan fingerprint density at radius 1 is 1.15 bits per heavy atom. The first kappa shape index (κ1) is 8.36. The Morgan fingerprint density at radius 3 is 2.69 bits per heavy atom. The molecule has 1 aromatic heterocycles. The Morgan fingerprint density at radius 2 is 1.92 bits per heavy atom. The summed E-state index contributed by atoms with van der Waals surface area (Å²) in [5.74, 6) is 1.43. The molecule has 0 spiro atoms. The Kier molecular flexibility index (Phi) is 2.09. The zero-order chi connectivity index (χ0) is 9.26. The predicted octanol–water partition coefficient (Wildman–Crippen LogP) is 3.59. The molecule has 1 nitrogen and oxygen atoms in total. The molecule has 13 heavy (non-hydrogen) atoms. The molecule has 1 aromatic carbocycles. The van der Waals surface area contributed by atoms with Crippen LogP contribution in [-0.2, 0) is 6.42 Å². The summed E-state index contributed by atoms with van der Waals surface area (Å²) < 4.78 is 5.12. The maximum absolute atomic E-state index is 5.12. The minimum Gasteiger partial charge on any atom is -0.471 e. The Labute approximate surface area is 78.4 Å². The first-order valence-electron chi connectivity index (χ1n) is 4.49. The van der Waals surface area contributed by atoms with Crippen molar-refractivity contribution in [1.29, 1.82) is 0 Å². The van der Waals surface area contributed by atoms with Crippen molar-refractivity contribution in [2.75, 3.05) is 0 Å². The standard InChI is InChI=1S/C12H13O/c1-9(2)5-10-3-4-11-7-13-8-12(11)6-10/h3-4,6-8H,5H2,1-2H3. The largest absolute Gasteiger partial charge is 0.471 e. The van der Waals surface area contributed by atoms with Gasteiger partial charge in [-0.2, -0.15) is 0 Å². The highest BCUT2D eigenvalue weighted by atomic mass is 16.3. The maximum Gasteiger partial charge on any atom is 0.0981 e. The van der Waals surface area contributed by atoms with Gasteiger partial charge in [-0.15, -0.1) is 0 Å². The average Bonchev–Trinajstić information content (AvgIpc) is 2.49. The number of rotatable bonds is 2. The van der Waals surface area contributed by atoms with Gasteiger partial charge in [-0.3, -0.25) is 0 Å². The Bertz CT molecular complexity index is 398. The lowest BCUT2D eigenvalue weighted by atomic mass is 10.0. The van der Waals surface area contributed by atoms with E-state index in [2.05, 4.69) is 32.0 Å². The van der Waals surface area contributed by atoms with E-state index in [1.165, 1.54) is 22.3 Å². The van der Waals surface area contributed by atoms with Crippen LogP contribution in [0.25, 0.3) is 10.8 Å². The van der Waals surface area contributed by atoms with Crippen LogP contribution in [0, 0.1) is 5.92 Å².